The maximum Gasteiger partial charge on any atom is 0.231 e. The first-order valence-corrected chi connectivity index (χ1v) is 9.25. The Morgan fingerprint density at radius 1 is 0.933 bits per heavy atom. The van der Waals surface area contributed by atoms with Gasteiger partial charge in [-0.25, -0.2) is 4.39 Å². The lowest BCUT2D eigenvalue weighted by molar-refractivity contribution is 0.101. The molecule has 3 aromatic rings. The fourth-order valence-electron chi connectivity index (χ4n) is 3.08. The maximum absolute atomic E-state index is 13.0. The van der Waals surface area contributed by atoms with Crippen molar-refractivity contribution in [2.24, 2.45) is 0 Å². The molecule has 0 N–H and O–H groups in total. The molecule has 0 spiro atoms. The minimum Gasteiger partial charge on any atom is -0.497 e. The lowest BCUT2D eigenvalue weighted by atomic mass is 10.1. The van der Waals surface area contributed by atoms with Gasteiger partial charge < -0.3 is 18.9 Å². The molecule has 0 saturated heterocycles. The van der Waals surface area contributed by atoms with E-state index >= 15 is 0 Å². The van der Waals surface area contributed by atoms with Gasteiger partial charge in [0, 0.05) is 17.7 Å². The van der Waals surface area contributed by atoms with Gasteiger partial charge in [-0.15, -0.1) is 0 Å². The van der Waals surface area contributed by atoms with Crippen LogP contribution < -0.4 is 18.9 Å². The van der Waals surface area contributed by atoms with Crippen LogP contribution in [-0.4, -0.2) is 20.0 Å². The molecule has 0 radical (unpaired) electrons. The van der Waals surface area contributed by atoms with Gasteiger partial charge in [-0.2, -0.15) is 0 Å². The number of benzene rings is 3. The number of fused-ring (bicyclic) bond motifs is 1. The van der Waals surface area contributed by atoms with E-state index in [9.17, 15) is 9.18 Å². The van der Waals surface area contributed by atoms with Crippen LogP contribution in [0.4, 0.5) is 4.39 Å². The van der Waals surface area contributed by atoms with Crippen molar-refractivity contribution in [2.45, 2.75) is 6.61 Å². The van der Waals surface area contributed by atoms with Crippen LogP contribution >= 0.6 is 0 Å². The highest BCUT2D eigenvalue weighted by Gasteiger charge is 2.28. The molecule has 0 bridgehead atoms. The standard InChI is InChI=1S/C24H19FO5/c1-27-18-8-5-16(21(12-18)28-2)11-23-24(26)20-10-9-19(13-22(20)30-23)29-14-15-3-6-17(25)7-4-15/h3-13H,14H2,1-2H3. The average Bonchev–Trinajstić information content (AvgIpc) is 3.08. The number of ketones is 1. The SMILES string of the molecule is COc1ccc(C=C2Oc3cc(OCc4ccc(F)cc4)ccc3C2=O)c(OC)c1. The molecule has 5 nitrogen and oxygen atoms in total. The number of hydrogen-bond acceptors (Lipinski definition) is 5. The highest BCUT2D eigenvalue weighted by molar-refractivity contribution is 6.14. The summed E-state index contributed by atoms with van der Waals surface area (Å²) in [4.78, 5) is 12.7. The Hall–Kier alpha value is -3.80. The molecular weight excluding hydrogens is 387 g/mol. The van der Waals surface area contributed by atoms with Crippen molar-refractivity contribution in [3.8, 4) is 23.0 Å². The van der Waals surface area contributed by atoms with Gasteiger partial charge in [0.05, 0.1) is 19.8 Å². The zero-order valence-corrected chi connectivity index (χ0v) is 16.5. The predicted octanol–water partition coefficient (Wildman–Crippen LogP) is 5.04. The van der Waals surface area contributed by atoms with Crippen LogP contribution in [0, 0.1) is 5.82 Å². The number of halogens is 1. The molecule has 4 rings (SSSR count). The molecule has 0 atom stereocenters. The Labute approximate surface area is 173 Å². The van der Waals surface area contributed by atoms with E-state index in [1.807, 2.05) is 0 Å². The summed E-state index contributed by atoms with van der Waals surface area (Å²) in [6.45, 7) is 0.277. The summed E-state index contributed by atoms with van der Waals surface area (Å²) in [6.07, 6.45) is 1.64. The fraction of sp³-hybridized carbons (Fsp3) is 0.125. The van der Waals surface area contributed by atoms with E-state index in [1.54, 1.807) is 68.8 Å². The number of carbonyl (C=O) groups excluding carboxylic acids is 1. The first kappa shape index (κ1) is 19.5. The van der Waals surface area contributed by atoms with Gasteiger partial charge in [-0.05, 0) is 48.0 Å². The molecule has 30 heavy (non-hydrogen) atoms. The Bertz CT molecular complexity index is 1120. The van der Waals surface area contributed by atoms with Crippen molar-refractivity contribution in [1.82, 2.24) is 0 Å². The highest BCUT2D eigenvalue weighted by Crippen LogP contribution is 2.36. The Morgan fingerprint density at radius 2 is 1.70 bits per heavy atom. The van der Waals surface area contributed by atoms with Crippen molar-refractivity contribution in [3.05, 3.63) is 88.9 Å². The van der Waals surface area contributed by atoms with Gasteiger partial charge in [0.25, 0.3) is 0 Å². The summed E-state index contributed by atoms with van der Waals surface area (Å²) in [5.74, 6) is 1.88. The van der Waals surface area contributed by atoms with Gasteiger partial charge in [0.2, 0.25) is 5.78 Å². The van der Waals surface area contributed by atoms with Crippen LogP contribution in [0.1, 0.15) is 21.5 Å². The maximum atomic E-state index is 13.0. The molecule has 1 aliphatic rings. The second kappa shape index (κ2) is 8.29. The first-order chi connectivity index (χ1) is 14.6. The molecule has 0 unspecified atom stereocenters. The third-order valence-electron chi connectivity index (χ3n) is 4.69. The van der Waals surface area contributed by atoms with E-state index in [2.05, 4.69) is 0 Å². The number of hydrogen-bond donors (Lipinski definition) is 0. The van der Waals surface area contributed by atoms with E-state index in [-0.39, 0.29) is 24.0 Å². The van der Waals surface area contributed by atoms with E-state index in [4.69, 9.17) is 18.9 Å². The largest absolute Gasteiger partial charge is 0.497 e. The average molecular weight is 406 g/mol. The second-order valence-corrected chi connectivity index (χ2v) is 6.62. The van der Waals surface area contributed by atoms with Crippen LogP contribution in [0.5, 0.6) is 23.0 Å². The third kappa shape index (κ3) is 3.98. The van der Waals surface area contributed by atoms with E-state index in [0.717, 1.165) is 5.56 Å². The lowest BCUT2D eigenvalue weighted by Crippen LogP contribution is -1.99. The molecule has 0 aliphatic carbocycles. The number of Topliss-reactive ketones (excluding diaryl/α,β-unsaturated/α-hetero) is 1. The van der Waals surface area contributed by atoms with Crippen LogP contribution in [0.3, 0.4) is 0 Å². The lowest BCUT2D eigenvalue weighted by Gasteiger charge is -2.08. The molecule has 1 aliphatic heterocycles. The minimum absolute atomic E-state index is 0.198. The third-order valence-corrected chi connectivity index (χ3v) is 4.69. The molecule has 0 fully saturated rings. The topological polar surface area (TPSA) is 54.0 Å². The van der Waals surface area contributed by atoms with Crippen molar-refractivity contribution < 1.29 is 28.1 Å². The van der Waals surface area contributed by atoms with Crippen molar-refractivity contribution in [2.75, 3.05) is 14.2 Å². The fourth-order valence-corrected chi connectivity index (χ4v) is 3.08. The second-order valence-electron chi connectivity index (χ2n) is 6.62. The van der Waals surface area contributed by atoms with Gasteiger partial charge in [0.15, 0.2) is 5.76 Å². The molecule has 1 heterocycles. The number of allylic oxidation sites excluding steroid dienone is 1. The van der Waals surface area contributed by atoms with Crippen LogP contribution in [-0.2, 0) is 6.61 Å². The Balaban J connectivity index is 1.53. The molecule has 0 saturated carbocycles. The monoisotopic (exact) mass is 406 g/mol. The van der Waals surface area contributed by atoms with Crippen molar-refractivity contribution in [3.63, 3.8) is 0 Å². The smallest absolute Gasteiger partial charge is 0.231 e. The van der Waals surface area contributed by atoms with Crippen LogP contribution in [0.25, 0.3) is 6.08 Å². The first-order valence-electron chi connectivity index (χ1n) is 9.25. The summed E-state index contributed by atoms with van der Waals surface area (Å²) in [5.41, 5.74) is 1.99. The number of methoxy groups -OCH3 is 2. The Morgan fingerprint density at radius 3 is 2.43 bits per heavy atom. The summed E-state index contributed by atoms with van der Waals surface area (Å²) in [7, 11) is 3.12. The van der Waals surface area contributed by atoms with Crippen molar-refractivity contribution >= 4 is 11.9 Å². The summed E-state index contributed by atoms with van der Waals surface area (Å²) in [6, 6.07) is 16.4. The number of ether oxygens (including phenoxy) is 4. The van der Waals surface area contributed by atoms with E-state index in [0.29, 0.717) is 34.1 Å². The summed E-state index contributed by atoms with van der Waals surface area (Å²) >= 11 is 0. The van der Waals surface area contributed by atoms with Crippen molar-refractivity contribution in [1.29, 1.82) is 0 Å². The molecule has 152 valence electrons. The van der Waals surface area contributed by atoms with Crippen LogP contribution in [0.2, 0.25) is 0 Å². The zero-order valence-electron chi connectivity index (χ0n) is 16.5. The molecule has 3 aromatic carbocycles. The normalized spacial score (nSPS) is 13.7. The molecule has 0 aromatic heterocycles. The van der Waals surface area contributed by atoms with Gasteiger partial charge in [-0.1, -0.05) is 12.1 Å². The molecule has 6 heteroatoms. The molecular formula is C24H19FO5. The van der Waals surface area contributed by atoms with Crippen LogP contribution in [0.15, 0.2) is 66.4 Å². The summed E-state index contributed by atoms with van der Waals surface area (Å²) < 4.78 is 35.1. The predicted molar refractivity (Wildman–Crippen MR) is 110 cm³/mol. The van der Waals surface area contributed by atoms with E-state index < -0.39 is 0 Å². The minimum atomic E-state index is -0.295. The zero-order chi connectivity index (χ0) is 21.1. The number of carbonyl (C=O) groups is 1. The summed E-state index contributed by atoms with van der Waals surface area (Å²) in [5, 5.41) is 0. The van der Waals surface area contributed by atoms with Gasteiger partial charge in [0.1, 0.15) is 35.4 Å². The van der Waals surface area contributed by atoms with Gasteiger partial charge >= 0.3 is 0 Å². The number of rotatable bonds is 6. The highest BCUT2D eigenvalue weighted by atomic mass is 19.1. The van der Waals surface area contributed by atoms with E-state index in [1.165, 1.54) is 12.1 Å². The quantitative estimate of drug-likeness (QED) is 0.537. The molecule has 0 amide bonds. The Kier molecular flexibility index (Phi) is 5.39. The van der Waals surface area contributed by atoms with Gasteiger partial charge in [-0.3, -0.25) is 4.79 Å².